The summed E-state index contributed by atoms with van der Waals surface area (Å²) < 4.78 is 31.6. The summed E-state index contributed by atoms with van der Waals surface area (Å²) in [6.45, 7) is 5.71. The maximum absolute atomic E-state index is 12.3. The molecule has 2 rings (SSSR count). The first-order valence-electron chi connectivity index (χ1n) is 7.46. The number of amides is 1. The van der Waals surface area contributed by atoms with E-state index < -0.39 is 22.5 Å². The fourth-order valence-corrected chi connectivity index (χ4v) is 3.57. The van der Waals surface area contributed by atoms with E-state index >= 15 is 0 Å². The van der Waals surface area contributed by atoms with Crippen LogP contribution in [0.25, 0.3) is 0 Å². The molecule has 0 aliphatic carbocycles. The van der Waals surface area contributed by atoms with Gasteiger partial charge in [-0.15, -0.1) is 0 Å². The predicted octanol–water partition coefficient (Wildman–Crippen LogP) is 1.72. The van der Waals surface area contributed by atoms with Crippen LogP contribution in [0.3, 0.4) is 0 Å². The number of benzene rings is 1. The van der Waals surface area contributed by atoms with Gasteiger partial charge in [0.25, 0.3) is 0 Å². The van der Waals surface area contributed by atoms with Gasteiger partial charge in [0.2, 0.25) is 15.9 Å². The van der Waals surface area contributed by atoms with E-state index in [4.69, 9.17) is 4.52 Å². The molecular formula is C16H19N3O5S. The number of nitrogens with zero attached hydrogens (tertiary/aromatic N) is 1. The monoisotopic (exact) mass is 365 g/mol. The summed E-state index contributed by atoms with van der Waals surface area (Å²) in [5, 5.41) is 6.18. The molecule has 8 nitrogen and oxygen atoms in total. The summed E-state index contributed by atoms with van der Waals surface area (Å²) in [4.78, 5) is 23.4. The fourth-order valence-electron chi connectivity index (χ4n) is 2.26. The second kappa shape index (κ2) is 7.16. The zero-order valence-corrected chi connectivity index (χ0v) is 15.2. The molecule has 1 aromatic carbocycles. The third kappa shape index (κ3) is 4.31. The summed E-state index contributed by atoms with van der Waals surface area (Å²) in [5.74, 6) is -0.538. The Morgan fingerprint density at radius 2 is 1.88 bits per heavy atom. The number of hydrogen-bond donors (Lipinski definition) is 2. The van der Waals surface area contributed by atoms with E-state index in [0.717, 1.165) is 5.56 Å². The molecule has 0 radical (unpaired) electrons. The van der Waals surface area contributed by atoms with Gasteiger partial charge in [-0.25, -0.2) is 13.1 Å². The largest absolute Gasteiger partial charge is 0.360 e. The molecule has 9 heteroatoms. The van der Waals surface area contributed by atoms with Crippen molar-refractivity contribution in [2.45, 2.75) is 32.6 Å². The minimum absolute atomic E-state index is 0.0740. The molecule has 0 saturated heterocycles. The third-order valence-corrected chi connectivity index (χ3v) is 5.22. The molecule has 2 N–H and O–H groups in total. The Labute approximate surface area is 145 Å². The van der Waals surface area contributed by atoms with Gasteiger partial charge in [0.05, 0.1) is 6.54 Å². The molecule has 2 aromatic rings. The quantitative estimate of drug-likeness (QED) is 0.753. The van der Waals surface area contributed by atoms with Crippen LogP contribution in [0.2, 0.25) is 0 Å². The number of Topliss-reactive ketones (excluding diaryl/α,β-unsaturated/α-hetero) is 1. The van der Waals surface area contributed by atoms with E-state index in [1.54, 1.807) is 25.1 Å². The first kappa shape index (κ1) is 18.8. The number of nitrogens with one attached hydrogen (secondary N) is 2. The van der Waals surface area contributed by atoms with Gasteiger partial charge in [-0.1, -0.05) is 17.3 Å². The van der Waals surface area contributed by atoms with E-state index in [2.05, 4.69) is 15.2 Å². The average molecular weight is 365 g/mol. The van der Waals surface area contributed by atoms with Crippen molar-refractivity contribution in [2.75, 3.05) is 11.9 Å². The van der Waals surface area contributed by atoms with Gasteiger partial charge in [-0.05, 0) is 39.3 Å². The molecule has 0 aliphatic heterocycles. The van der Waals surface area contributed by atoms with Crippen molar-refractivity contribution in [2.24, 2.45) is 0 Å². The molecule has 0 fully saturated rings. The van der Waals surface area contributed by atoms with Crippen LogP contribution < -0.4 is 10.0 Å². The standard InChI is InChI=1S/C16H19N3O5S/c1-9-5-6-13(11(3)20)7-14(9)18-15(21)8-17-25(22,23)16-10(2)19-24-12(16)4/h5-7,17H,8H2,1-4H3,(H,18,21). The predicted molar refractivity (Wildman–Crippen MR) is 91.0 cm³/mol. The molecule has 0 bridgehead atoms. The molecule has 0 saturated carbocycles. The Balaban J connectivity index is 2.09. The number of rotatable bonds is 6. The number of aryl methyl sites for hydroxylation is 3. The van der Waals surface area contributed by atoms with Crippen molar-refractivity contribution < 1.29 is 22.5 Å². The van der Waals surface area contributed by atoms with Crippen molar-refractivity contribution in [3.8, 4) is 0 Å². The molecule has 1 heterocycles. The van der Waals surface area contributed by atoms with Crippen molar-refractivity contribution in [1.82, 2.24) is 9.88 Å². The van der Waals surface area contributed by atoms with Crippen LogP contribution in [0, 0.1) is 20.8 Å². The average Bonchev–Trinajstić information content (AvgIpc) is 2.87. The van der Waals surface area contributed by atoms with Crippen LogP contribution in [-0.4, -0.2) is 31.8 Å². The normalized spacial score (nSPS) is 11.4. The topological polar surface area (TPSA) is 118 Å². The highest BCUT2D eigenvalue weighted by Gasteiger charge is 2.24. The number of hydrogen-bond acceptors (Lipinski definition) is 6. The van der Waals surface area contributed by atoms with Crippen molar-refractivity contribution in [1.29, 1.82) is 0 Å². The minimum atomic E-state index is -3.92. The molecule has 1 aromatic heterocycles. The highest BCUT2D eigenvalue weighted by Crippen LogP contribution is 2.19. The Morgan fingerprint density at radius 1 is 1.20 bits per heavy atom. The van der Waals surface area contributed by atoms with Crippen LogP contribution >= 0.6 is 0 Å². The number of ketones is 1. The molecule has 0 unspecified atom stereocenters. The first-order chi connectivity index (χ1) is 11.6. The Hall–Kier alpha value is -2.52. The van der Waals surface area contributed by atoms with Gasteiger partial charge >= 0.3 is 0 Å². The Bertz CT molecular complexity index is 912. The lowest BCUT2D eigenvalue weighted by molar-refractivity contribution is -0.115. The summed E-state index contributed by atoms with van der Waals surface area (Å²) in [7, 11) is -3.92. The van der Waals surface area contributed by atoms with Gasteiger partial charge < -0.3 is 9.84 Å². The van der Waals surface area contributed by atoms with Gasteiger partial charge in [0, 0.05) is 11.3 Å². The maximum Gasteiger partial charge on any atom is 0.246 e. The molecular weight excluding hydrogens is 346 g/mol. The van der Waals surface area contributed by atoms with Gasteiger partial charge in [-0.2, -0.15) is 0 Å². The first-order valence-corrected chi connectivity index (χ1v) is 8.94. The van der Waals surface area contributed by atoms with E-state index in [1.807, 2.05) is 0 Å². The number of aromatic nitrogens is 1. The van der Waals surface area contributed by atoms with Crippen LogP contribution in [0.1, 0.15) is 34.3 Å². The maximum atomic E-state index is 12.3. The second-order valence-electron chi connectivity index (χ2n) is 5.61. The smallest absolute Gasteiger partial charge is 0.246 e. The van der Waals surface area contributed by atoms with E-state index in [9.17, 15) is 18.0 Å². The number of sulfonamides is 1. The number of carbonyl (C=O) groups is 2. The minimum Gasteiger partial charge on any atom is -0.360 e. The zero-order valence-electron chi connectivity index (χ0n) is 14.3. The van der Waals surface area contributed by atoms with Crippen molar-refractivity contribution in [3.05, 3.63) is 40.8 Å². The van der Waals surface area contributed by atoms with E-state index in [1.165, 1.54) is 20.8 Å². The van der Waals surface area contributed by atoms with Crippen LogP contribution in [0.15, 0.2) is 27.6 Å². The summed E-state index contributed by atoms with van der Waals surface area (Å²) in [6.07, 6.45) is 0. The van der Waals surface area contributed by atoms with E-state index in [-0.39, 0.29) is 22.1 Å². The van der Waals surface area contributed by atoms with Gasteiger partial charge in [-0.3, -0.25) is 9.59 Å². The second-order valence-corrected chi connectivity index (χ2v) is 7.32. The molecule has 0 aliphatic rings. The Kier molecular flexibility index (Phi) is 5.39. The molecule has 0 spiro atoms. The Morgan fingerprint density at radius 3 is 2.44 bits per heavy atom. The molecule has 1 amide bonds. The van der Waals surface area contributed by atoms with Crippen LogP contribution in [-0.2, 0) is 14.8 Å². The SMILES string of the molecule is CC(=O)c1ccc(C)c(NC(=O)CNS(=O)(=O)c2c(C)noc2C)c1. The lowest BCUT2D eigenvalue weighted by atomic mass is 10.1. The van der Waals surface area contributed by atoms with Crippen molar-refractivity contribution >= 4 is 27.4 Å². The van der Waals surface area contributed by atoms with E-state index in [0.29, 0.717) is 11.3 Å². The summed E-state index contributed by atoms with van der Waals surface area (Å²) in [6, 6.07) is 4.92. The van der Waals surface area contributed by atoms with Gasteiger partial charge in [0.1, 0.15) is 10.6 Å². The van der Waals surface area contributed by atoms with Crippen molar-refractivity contribution in [3.63, 3.8) is 0 Å². The molecule has 0 atom stereocenters. The number of anilines is 1. The lowest BCUT2D eigenvalue weighted by Crippen LogP contribution is -2.33. The zero-order chi connectivity index (χ0) is 18.8. The third-order valence-electron chi connectivity index (χ3n) is 3.58. The fraction of sp³-hybridized carbons (Fsp3) is 0.312. The highest BCUT2D eigenvalue weighted by atomic mass is 32.2. The number of carbonyl (C=O) groups excluding carboxylic acids is 2. The highest BCUT2D eigenvalue weighted by molar-refractivity contribution is 7.89. The van der Waals surface area contributed by atoms with Crippen LogP contribution in [0.4, 0.5) is 5.69 Å². The van der Waals surface area contributed by atoms with Crippen LogP contribution in [0.5, 0.6) is 0 Å². The summed E-state index contributed by atoms with van der Waals surface area (Å²) in [5.41, 5.74) is 1.88. The lowest BCUT2D eigenvalue weighted by Gasteiger charge is -2.10. The van der Waals surface area contributed by atoms with Gasteiger partial charge in [0.15, 0.2) is 11.5 Å². The summed E-state index contributed by atoms with van der Waals surface area (Å²) >= 11 is 0. The molecule has 134 valence electrons. The molecule has 25 heavy (non-hydrogen) atoms.